The molecule has 3 nitrogen and oxygen atoms in total. The molecule has 0 saturated heterocycles. The molecule has 0 aliphatic rings. The molecule has 0 radical (unpaired) electrons. The summed E-state index contributed by atoms with van der Waals surface area (Å²) in [4.78, 5) is 0. The van der Waals surface area contributed by atoms with E-state index in [0.717, 1.165) is 11.1 Å². The van der Waals surface area contributed by atoms with Gasteiger partial charge in [0.15, 0.2) is 0 Å². The maximum Gasteiger partial charge on any atom is 0.222 e. The number of ether oxygens (including phenoxy) is 2. The molecule has 0 unspecified atom stereocenters. The fourth-order valence-corrected chi connectivity index (χ4v) is 2.25. The second-order valence-electron chi connectivity index (χ2n) is 4.35. The van der Waals surface area contributed by atoms with Gasteiger partial charge in [0.05, 0.1) is 13.2 Å². The Balaban J connectivity index is 2.50. The molecule has 0 amide bonds. The average molecular weight is 272 g/mol. The lowest BCUT2D eigenvalue weighted by Crippen LogP contribution is -2.35. The largest absolute Gasteiger partial charge is 0.394 e. The van der Waals surface area contributed by atoms with Crippen molar-refractivity contribution in [1.29, 1.82) is 0 Å². The summed E-state index contributed by atoms with van der Waals surface area (Å²) < 4.78 is 11.9. The first-order chi connectivity index (χ1) is 9.83. The molecule has 0 fully saturated rings. The average Bonchev–Trinajstić information content (AvgIpc) is 2.53. The van der Waals surface area contributed by atoms with E-state index in [1.54, 1.807) is 0 Å². The quantitative estimate of drug-likeness (QED) is 0.788. The molecule has 0 aromatic heterocycles. The first-order valence-corrected chi connectivity index (χ1v) is 6.83. The van der Waals surface area contributed by atoms with E-state index in [4.69, 9.17) is 14.6 Å². The van der Waals surface area contributed by atoms with Crippen molar-refractivity contribution in [3.63, 3.8) is 0 Å². The predicted molar refractivity (Wildman–Crippen MR) is 78.3 cm³/mol. The van der Waals surface area contributed by atoms with E-state index in [1.807, 2.05) is 67.6 Å². The molecule has 1 N–H and O–H groups in total. The van der Waals surface area contributed by atoms with Gasteiger partial charge in [-0.15, -0.1) is 0 Å². The summed E-state index contributed by atoms with van der Waals surface area (Å²) >= 11 is 0. The standard InChI is InChI=1S/C17H20O3/c1-2-19-17(20-14-13-18,15-9-5-3-6-10-15)16-11-7-4-8-12-16/h3-12,18H,2,13-14H2,1H3. The van der Waals surface area contributed by atoms with Gasteiger partial charge < -0.3 is 14.6 Å². The Hall–Kier alpha value is -1.68. The minimum absolute atomic E-state index is 0.0471. The van der Waals surface area contributed by atoms with E-state index in [0.29, 0.717) is 6.61 Å². The Labute approximate surface area is 119 Å². The van der Waals surface area contributed by atoms with Gasteiger partial charge in [0.1, 0.15) is 0 Å². The molecule has 20 heavy (non-hydrogen) atoms. The Bertz CT molecular complexity index is 457. The Kier molecular flexibility index (Phi) is 5.30. The van der Waals surface area contributed by atoms with Crippen LogP contribution in [-0.4, -0.2) is 24.9 Å². The zero-order chi connectivity index (χ0) is 14.3. The summed E-state index contributed by atoms with van der Waals surface area (Å²) in [5.41, 5.74) is 1.84. The number of benzene rings is 2. The molecule has 0 aliphatic heterocycles. The summed E-state index contributed by atoms with van der Waals surface area (Å²) in [7, 11) is 0. The first-order valence-electron chi connectivity index (χ1n) is 6.83. The highest BCUT2D eigenvalue weighted by Crippen LogP contribution is 2.34. The number of aliphatic hydroxyl groups is 1. The first kappa shape index (κ1) is 14.7. The van der Waals surface area contributed by atoms with Gasteiger partial charge in [-0.25, -0.2) is 0 Å². The van der Waals surface area contributed by atoms with Crippen LogP contribution in [0, 0.1) is 0 Å². The van der Waals surface area contributed by atoms with Gasteiger partial charge in [0, 0.05) is 17.7 Å². The SMILES string of the molecule is CCOC(OCCO)(c1ccccc1)c1ccccc1. The van der Waals surface area contributed by atoms with Crippen molar-refractivity contribution >= 4 is 0 Å². The number of rotatable bonds is 7. The minimum atomic E-state index is -0.972. The fourth-order valence-electron chi connectivity index (χ4n) is 2.25. The normalized spacial score (nSPS) is 11.5. The van der Waals surface area contributed by atoms with E-state index < -0.39 is 5.79 Å². The van der Waals surface area contributed by atoms with Crippen LogP contribution < -0.4 is 0 Å². The van der Waals surface area contributed by atoms with Gasteiger partial charge in [0.2, 0.25) is 5.79 Å². The van der Waals surface area contributed by atoms with Gasteiger partial charge in [-0.3, -0.25) is 0 Å². The Morgan fingerprint density at radius 1 is 0.850 bits per heavy atom. The van der Waals surface area contributed by atoms with Gasteiger partial charge >= 0.3 is 0 Å². The topological polar surface area (TPSA) is 38.7 Å². The summed E-state index contributed by atoms with van der Waals surface area (Å²) in [6, 6.07) is 19.6. The van der Waals surface area contributed by atoms with Gasteiger partial charge in [-0.1, -0.05) is 60.7 Å². The summed E-state index contributed by atoms with van der Waals surface area (Å²) in [6.45, 7) is 2.61. The fraction of sp³-hybridized carbons (Fsp3) is 0.294. The lowest BCUT2D eigenvalue weighted by molar-refractivity contribution is -0.219. The van der Waals surface area contributed by atoms with Crippen LogP contribution in [0.3, 0.4) is 0 Å². The second kappa shape index (κ2) is 7.20. The smallest absolute Gasteiger partial charge is 0.222 e. The monoisotopic (exact) mass is 272 g/mol. The van der Waals surface area contributed by atoms with Crippen LogP contribution in [0.2, 0.25) is 0 Å². The lowest BCUT2D eigenvalue weighted by atomic mass is 9.97. The number of hydrogen-bond acceptors (Lipinski definition) is 3. The van der Waals surface area contributed by atoms with E-state index in [2.05, 4.69) is 0 Å². The molecular weight excluding hydrogens is 252 g/mol. The van der Waals surface area contributed by atoms with Crippen LogP contribution in [0.5, 0.6) is 0 Å². The maximum atomic E-state index is 9.11. The molecular formula is C17H20O3. The molecule has 0 bridgehead atoms. The molecule has 106 valence electrons. The van der Waals surface area contributed by atoms with Crippen molar-refractivity contribution in [2.75, 3.05) is 19.8 Å². The van der Waals surface area contributed by atoms with Crippen molar-refractivity contribution in [2.24, 2.45) is 0 Å². The third-order valence-electron chi connectivity index (χ3n) is 3.05. The molecule has 2 aromatic carbocycles. The minimum Gasteiger partial charge on any atom is -0.394 e. The molecule has 0 heterocycles. The third-order valence-corrected chi connectivity index (χ3v) is 3.05. The molecule has 0 aliphatic carbocycles. The van der Waals surface area contributed by atoms with Crippen LogP contribution in [0.4, 0.5) is 0 Å². The van der Waals surface area contributed by atoms with Crippen molar-refractivity contribution in [3.8, 4) is 0 Å². The highest BCUT2D eigenvalue weighted by Gasteiger charge is 2.36. The van der Waals surface area contributed by atoms with Crippen molar-refractivity contribution in [2.45, 2.75) is 12.7 Å². The van der Waals surface area contributed by atoms with Crippen LogP contribution in [0.25, 0.3) is 0 Å². The van der Waals surface area contributed by atoms with Gasteiger partial charge in [0.25, 0.3) is 0 Å². The zero-order valence-electron chi connectivity index (χ0n) is 11.7. The van der Waals surface area contributed by atoms with Crippen molar-refractivity contribution < 1.29 is 14.6 Å². The summed E-state index contributed by atoms with van der Waals surface area (Å²) in [6.07, 6.45) is 0. The Morgan fingerprint density at radius 3 is 1.75 bits per heavy atom. The number of hydrogen-bond donors (Lipinski definition) is 1. The van der Waals surface area contributed by atoms with E-state index in [-0.39, 0.29) is 13.2 Å². The second-order valence-corrected chi connectivity index (χ2v) is 4.35. The summed E-state index contributed by atoms with van der Waals surface area (Å²) in [5, 5.41) is 9.11. The molecule has 2 aromatic rings. The Morgan fingerprint density at radius 2 is 1.35 bits per heavy atom. The molecule has 0 spiro atoms. The maximum absolute atomic E-state index is 9.11. The zero-order valence-corrected chi connectivity index (χ0v) is 11.7. The lowest BCUT2D eigenvalue weighted by Gasteiger charge is -2.34. The highest BCUT2D eigenvalue weighted by atomic mass is 16.7. The highest BCUT2D eigenvalue weighted by molar-refractivity contribution is 5.33. The summed E-state index contributed by atoms with van der Waals surface area (Å²) in [5.74, 6) is -0.972. The van der Waals surface area contributed by atoms with Crippen LogP contribution in [0.1, 0.15) is 18.1 Å². The van der Waals surface area contributed by atoms with Crippen LogP contribution >= 0.6 is 0 Å². The van der Waals surface area contributed by atoms with E-state index in [1.165, 1.54) is 0 Å². The van der Waals surface area contributed by atoms with Gasteiger partial charge in [-0.2, -0.15) is 0 Å². The molecule has 2 rings (SSSR count). The van der Waals surface area contributed by atoms with E-state index >= 15 is 0 Å². The van der Waals surface area contributed by atoms with Crippen LogP contribution in [-0.2, 0) is 15.3 Å². The predicted octanol–water partition coefficient (Wildman–Crippen LogP) is 2.93. The van der Waals surface area contributed by atoms with Crippen molar-refractivity contribution in [1.82, 2.24) is 0 Å². The third kappa shape index (κ3) is 3.07. The molecule has 0 saturated carbocycles. The van der Waals surface area contributed by atoms with E-state index in [9.17, 15) is 0 Å². The van der Waals surface area contributed by atoms with Gasteiger partial charge in [-0.05, 0) is 6.92 Å². The van der Waals surface area contributed by atoms with Crippen molar-refractivity contribution in [3.05, 3.63) is 71.8 Å². The number of aliphatic hydroxyl groups excluding tert-OH is 1. The molecule has 3 heteroatoms. The van der Waals surface area contributed by atoms with Crippen LogP contribution in [0.15, 0.2) is 60.7 Å². The molecule has 0 atom stereocenters.